The van der Waals surface area contributed by atoms with Crippen molar-refractivity contribution >= 4 is 15.9 Å². The fourth-order valence-electron chi connectivity index (χ4n) is 2.44. The number of nitrogens with one attached hydrogen (secondary N) is 1. The number of hydrogen-bond donors (Lipinski definition) is 1. The van der Waals surface area contributed by atoms with Gasteiger partial charge in [-0.05, 0) is 53.9 Å². The third-order valence-electron chi connectivity index (χ3n) is 3.48. The van der Waals surface area contributed by atoms with Crippen LogP contribution in [0.5, 0.6) is 0 Å². The normalized spacial score (nSPS) is 16.7. The second-order valence-corrected chi connectivity index (χ2v) is 5.93. The average molecular weight is 327 g/mol. The Morgan fingerprint density at radius 3 is 2.89 bits per heavy atom. The zero-order valence-corrected chi connectivity index (χ0v) is 13.0. The SMILES string of the molecule is Brc1cccc(CNCCCOC2CCCCC2)n1. The van der Waals surface area contributed by atoms with Crippen molar-refractivity contribution in [1.82, 2.24) is 10.3 Å². The van der Waals surface area contributed by atoms with Crippen molar-refractivity contribution in [3.05, 3.63) is 28.5 Å². The molecule has 1 aliphatic rings. The molecule has 0 aliphatic heterocycles. The van der Waals surface area contributed by atoms with Gasteiger partial charge in [-0.1, -0.05) is 25.3 Å². The molecule has 0 saturated heterocycles. The molecule has 3 nitrogen and oxygen atoms in total. The molecule has 19 heavy (non-hydrogen) atoms. The number of aromatic nitrogens is 1. The number of ether oxygens (including phenoxy) is 1. The van der Waals surface area contributed by atoms with E-state index in [0.717, 1.165) is 36.4 Å². The summed E-state index contributed by atoms with van der Waals surface area (Å²) in [6.07, 6.45) is 8.20. The van der Waals surface area contributed by atoms with Crippen molar-refractivity contribution < 1.29 is 4.74 Å². The van der Waals surface area contributed by atoms with E-state index >= 15 is 0 Å². The summed E-state index contributed by atoms with van der Waals surface area (Å²) in [6, 6.07) is 6.00. The Hall–Kier alpha value is -0.450. The number of rotatable bonds is 7. The lowest BCUT2D eigenvalue weighted by Crippen LogP contribution is -2.21. The maximum atomic E-state index is 5.89. The molecule has 1 aromatic rings. The van der Waals surface area contributed by atoms with Gasteiger partial charge < -0.3 is 10.1 Å². The van der Waals surface area contributed by atoms with E-state index in [4.69, 9.17) is 4.74 Å². The molecule has 1 fully saturated rings. The first-order valence-electron chi connectivity index (χ1n) is 7.28. The van der Waals surface area contributed by atoms with Crippen LogP contribution in [0.1, 0.15) is 44.2 Å². The minimum Gasteiger partial charge on any atom is -0.378 e. The molecule has 0 atom stereocenters. The highest BCUT2D eigenvalue weighted by molar-refractivity contribution is 9.10. The molecule has 1 heterocycles. The van der Waals surface area contributed by atoms with E-state index in [0.29, 0.717) is 6.10 Å². The Morgan fingerprint density at radius 1 is 1.26 bits per heavy atom. The summed E-state index contributed by atoms with van der Waals surface area (Å²) in [5.41, 5.74) is 1.07. The Balaban J connectivity index is 1.50. The smallest absolute Gasteiger partial charge is 0.106 e. The summed E-state index contributed by atoms with van der Waals surface area (Å²) >= 11 is 3.38. The zero-order chi connectivity index (χ0) is 13.3. The fourth-order valence-corrected chi connectivity index (χ4v) is 2.82. The van der Waals surface area contributed by atoms with E-state index in [2.05, 4.69) is 26.2 Å². The summed E-state index contributed by atoms with van der Waals surface area (Å²) in [5.74, 6) is 0. The molecular formula is C15H23BrN2O. The molecule has 1 aliphatic carbocycles. The van der Waals surface area contributed by atoms with E-state index in [-0.39, 0.29) is 0 Å². The number of hydrogen-bond acceptors (Lipinski definition) is 3. The van der Waals surface area contributed by atoms with Crippen molar-refractivity contribution in [2.75, 3.05) is 13.2 Å². The predicted molar refractivity (Wildman–Crippen MR) is 81.1 cm³/mol. The van der Waals surface area contributed by atoms with Crippen molar-refractivity contribution in [3.8, 4) is 0 Å². The molecule has 1 N–H and O–H groups in total. The third-order valence-corrected chi connectivity index (χ3v) is 3.92. The lowest BCUT2D eigenvalue weighted by Gasteiger charge is -2.21. The van der Waals surface area contributed by atoms with Gasteiger partial charge in [-0.15, -0.1) is 0 Å². The van der Waals surface area contributed by atoms with Crippen LogP contribution in [0.3, 0.4) is 0 Å². The van der Waals surface area contributed by atoms with Gasteiger partial charge in [0.15, 0.2) is 0 Å². The summed E-state index contributed by atoms with van der Waals surface area (Å²) in [4.78, 5) is 4.39. The van der Waals surface area contributed by atoms with Crippen LogP contribution in [0.25, 0.3) is 0 Å². The van der Waals surface area contributed by atoms with Crippen LogP contribution in [0, 0.1) is 0 Å². The molecule has 106 valence electrons. The number of halogens is 1. The van der Waals surface area contributed by atoms with Gasteiger partial charge >= 0.3 is 0 Å². The van der Waals surface area contributed by atoms with Crippen LogP contribution >= 0.6 is 15.9 Å². The van der Waals surface area contributed by atoms with Gasteiger partial charge in [0.2, 0.25) is 0 Å². The Bertz CT molecular complexity index is 367. The van der Waals surface area contributed by atoms with E-state index in [1.807, 2.05) is 18.2 Å². The summed E-state index contributed by atoms with van der Waals surface area (Å²) in [5, 5.41) is 3.40. The van der Waals surface area contributed by atoms with Gasteiger partial charge in [0.05, 0.1) is 11.8 Å². The molecule has 0 unspecified atom stereocenters. The highest BCUT2D eigenvalue weighted by Gasteiger charge is 2.12. The summed E-state index contributed by atoms with van der Waals surface area (Å²) in [7, 11) is 0. The Morgan fingerprint density at radius 2 is 2.11 bits per heavy atom. The second-order valence-electron chi connectivity index (χ2n) is 5.11. The van der Waals surface area contributed by atoms with Gasteiger partial charge in [-0.25, -0.2) is 4.98 Å². The van der Waals surface area contributed by atoms with E-state index in [9.17, 15) is 0 Å². The van der Waals surface area contributed by atoms with Gasteiger partial charge in [-0.3, -0.25) is 0 Å². The lowest BCUT2D eigenvalue weighted by molar-refractivity contribution is 0.0273. The number of nitrogens with zero attached hydrogens (tertiary/aromatic N) is 1. The lowest BCUT2D eigenvalue weighted by atomic mass is 9.98. The van der Waals surface area contributed by atoms with Crippen LogP contribution in [-0.4, -0.2) is 24.2 Å². The van der Waals surface area contributed by atoms with Gasteiger partial charge in [0.25, 0.3) is 0 Å². The summed E-state index contributed by atoms with van der Waals surface area (Å²) in [6.45, 7) is 2.69. The molecule has 2 rings (SSSR count). The third kappa shape index (κ3) is 6.02. The van der Waals surface area contributed by atoms with E-state index in [1.165, 1.54) is 32.1 Å². The van der Waals surface area contributed by atoms with Gasteiger partial charge in [-0.2, -0.15) is 0 Å². The molecule has 1 saturated carbocycles. The van der Waals surface area contributed by atoms with Crippen LogP contribution in [-0.2, 0) is 11.3 Å². The first-order valence-corrected chi connectivity index (χ1v) is 8.07. The molecule has 0 spiro atoms. The monoisotopic (exact) mass is 326 g/mol. The van der Waals surface area contributed by atoms with Crippen molar-refractivity contribution in [2.24, 2.45) is 0 Å². The van der Waals surface area contributed by atoms with Crippen molar-refractivity contribution in [3.63, 3.8) is 0 Å². The molecule has 0 bridgehead atoms. The molecule has 0 radical (unpaired) electrons. The molecule has 4 heteroatoms. The Labute approximate surface area is 124 Å². The topological polar surface area (TPSA) is 34.1 Å². The Kier molecular flexibility index (Phi) is 6.82. The predicted octanol–water partition coefficient (Wildman–Crippen LogP) is 3.67. The molecule has 0 amide bonds. The average Bonchev–Trinajstić information content (AvgIpc) is 2.44. The molecular weight excluding hydrogens is 304 g/mol. The maximum Gasteiger partial charge on any atom is 0.106 e. The van der Waals surface area contributed by atoms with Gasteiger partial charge in [0.1, 0.15) is 4.60 Å². The number of pyridine rings is 1. The molecule has 1 aromatic heterocycles. The fraction of sp³-hybridized carbons (Fsp3) is 0.667. The van der Waals surface area contributed by atoms with Crippen LogP contribution in [0.2, 0.25) is 0 Å². The van der Waals surface area contributed by atoms with Crippen LogP contribution in [0.4, 0.5) is 0 Å². The largest absolute Gasteiger partial charge is 0.378 e. The van der Waals surface area contributed by atoms with Crippen LogP contribution in [0.15, 0.2) is 22.8 Å². The van der Waals surface area contributed by atoms with Crippen molar-refractivity contribution in [2.45, 2.75) is 51.2 Å². The van der Waals surface area contributed by atoms with Gasteiger partial charge in [0, 0.05) is 13.2 Å². The second kappa shape index (κ2) is 8.67. The standard InChI is InChI=1S/C15H23BrN2O/c16-15-9-4-6-13(18-15)12-17-10-5-11-19-14-7-2-1-3-8-14/h4,6,9,14,17H,1-3,5,7-8,10-12H2. The highest BCUT2D eigenvalue weighted by Crippen LogP contribution is 2.20. The molecule has 0 aromatic carbocycles. The first-order chi connectivity index (χ1) is 9.34. The summed E-state index contributed by atoms with van der Waals surface area (Å²) < 4.78 is 6.79. The quantitative estimate of drug-likeness (QED) is 0.613. The minimum absolute atomic E-state index is 0.528. The first kappa shape index (κ1) is 14.9. The zero-order valence-electron chi connectivity index (χ0n) is 11.4. The highest BCUT2D eigenvalue weighted by atomic mass is 79.9. The van der Waals surface area contributed by atoms with Crippen molar-refractivity contribution in [1.29, 1.82) is 0 Å². The van der Waals surface area contributed by atoms with E-state index in [1.54, 1.807) is 0 Å². The minimum atomic E-state index is 0.528. The van der Waals surface area contributed by atoms with Crippen LogP contribution < -0.4 is 5.32 Å². The maximum absolute atomic E-state index is 5.89. The van der Waals surface area contributed by atoms with E-state index < -0.39 is 0 Å².